The number of amides is 1. The molecule has 2 heterocycles. The highest BCUT2D eigenvalue weighted by Crippen LogP contribution is 2.26. The lowest BCUT2D eigenvalue weighted by molar-refractivity contribution is 0.0953. The highest BCUT2D eigenvalue weighted by molar-refractivity contribution is 7.88. The topological polar surface area (TPSA) is 69.7 Å². The average Bonchev–Trinajstić information content (AvgIpc) is 3.33. The quantitative estimate of drug-likeness (QED) is 0.639. The number of para-hydroxylation sites is 1. The number of hydrogen-bond acceptors (Lipinski definition) is 4. The Labute approximate surface area is 185 Å². The summed E-state index contributed by atoms with van der Waals surface area (Å²) in [6.45, 7) is 3.83. The van der Waals surface area contributed by atoms with E-state index in [-0.39, 0.29) is 11.7 Å². The molecule has 2 aromatic carbocycles. The number of sulfonamides is 1. The van der Waals surface area contributed by atoms with Gasteiger partial charge in [0.25, 0.3) is 5.91 Å². The molecular weight excluding hydrogens is 410 g/mol. The first-order valence-electron chi connectivity index (χ1n) is 11.2. The van der Waals surface area contributed by atoms with Gasteiger partial charge in [-0.2, -0.15) is 0 Å². The molecule has 6 nitrogen and oxygen atoms in total. The normalized spacial score (nSPS) is 16.8. The molecule has 7 heteroatoms. The molecule has 0 saturated carbocycles. The molecule has 1 amide bonds. The summed E-state index contributed by atoms with van der Waals surface area (Å²) in [4.78, 5) is 14.9. The van der Waals surface area contributed by atoms with E-state index in [1.54, 1.807) is 28.6 Å². The van der Waals surface area contributed by atoms with Crippen molar-refractivity contribution >= 4 is 21.6 Å². The smallest absolute Gasteiger partial charge is 0.251 e. The molecule has 31 heavy (non-hydrogen) atoms. The van der Waals surface area contributed by atoms with Gasteiger partial charge >= 0.3 is 0 Å². The Kier molecular flexibility index (Phi) is 6.92. The molecule has 4 rings (SSSR count). The molecule has 1 saturated heterocycles. The number of rotatable bonds is 8. The minimum Gasteiger partial charge on any atom is -0.371 e. The van der Waals surface area contributed by atoms with Crippen LogP contribution in [-0.4, -0.2) is 51.4 Å². The second-order valence-corrected chi connectivity index (χ2v) is 10.4. The summed E-state index contributed by atoms with van der Waals surface area (Å²) in [5.41, 5.74) is 4.00. The Balaban J connectivity index is 1.24. The van der Waals surface area contributed by atoms with Crippen molar-refractivity contribution in [2.45, 2.75) is 37.9 Å². The number of nitrogens with one attached hydrogen (secondary N) is 1. The first kappa shape index (κ1) is 21.8. The van der Waals surface area contributed by atoms with E-state index in [1.165, 1.54) is 17.7 Å². The summed E-state index contributed by atoms with van der Waals surface area (Å²) in [6.07, 6.45) is 5.05. The molecule has 2 aromatic rings. The van der Waals surface area contributed by atoms with Crippen LogP contribution >= 0.6 is 0 Å². The third kappa shape index (κ3) is 5.46. The molecule has 166 valence electrons. The molecule has 0 bridgehead atoms. The fourth-order valence-corrected chi connectivity index (χ4v) is 6.05. The standard InChI is InChI=1S/C24H31N3O3S/c28-24(25-14-6-16-26-15-5-8-21-7-1-2-9-23(21)26)22-12-10-20(11-13-22)19-31(29,30)27-17-3-4-18-27/h1-2,7,9-13H,3-6,8,14-19H2,(H,25,28). The summed E-state index contributed by atoms with van der Waals surface area (Å²) in [5, 5.41) is 2.98. The first-order valence-corrected chi connectivity index (χ1v) is 12.8. The van der Waals surface area contributed by atoms with Crippen LogP contribution < -0.4 is 10.2 Å². The zero-order chi connectivity index (χ0) is 21.7. The van der Waals surface area contributed by atoms with Crippen molar-refractivity contribution in [3.8, 4) is 0 Å². The molecule has 0 atom stereocenters. The van der Waals surface area contributed by atoms with Crippen LogP contribution in [-0.2, 0) is 22.2 Å². The molecule has 2 aliphatic heterocycles. The maximum Gasteiger partial charge on any atom is 0.251 e. The van der Waals surface area contributed by atoms with Crippen LogP contribution in [0.25, 0.3) is 0 Å². The second-order valence-electron chi connectivity index (χ2n) is 8.39. The third-order valence-corrected chi connectivity index (χ3v) is 7.97. The van der Waals surface area contributed by atoms with Gasteiger partial charge in [-0.15, -0.1) is 0 Å². The van der Waals surface area contributed by atoms with Crippen LogP contribution in [0.5, 0.6) is 0 Å². The number of nitrogens with zero attached hydrogens (tertiary/aromatic N) is 2. The van der Waals surface area contributed by atoms with Crippen LogP contribution in [0.15, 0.2) is 48.5 Å². The fourth-order valence-electron chi connectivity index (χ4n) is 4.44. The molecule has 0 unspecified atom stereocenters. The lowest BCUT2D eigenvalue weighted by Gasteiger charge is -2.31. The van der Waals surface area contributed by atoms with Gasteiger partial charge in [0, 0.05) is 44.0 Å². The van der Waals surface area contributed by atoms with Gasteiger partial charge in [0.2, 0.25) is 10.0 Å². The molecule has 2 aliphatic rings. The number of carbonyl (C=O) groups excluding carboxylic acids is 1. The molecular formula is C24H31N3O3S. The van der Waals surface area contributed by atoms with E-state index in [9.17, 15) is 13.2 Å². The van der Waals surface area contributed by atoms with Crippen molar-refractivity contribution in [2.75, 3.05) is 37.6 Å². The van der Waals surface area contributed by atoms with Crippen molar-refractivity contribution in [3.05, 3.63) is 65.2 Å². The van der Waals surface area contributed by atoms with E-state index in [1.807, 2.05) is 0 Å². The van der Waals surface area contributed by atoms with Crippen LogP contribution in [0.2, 0.25) is 0 Å². The summed E-state index contributed by atoms with van der Waals surface area (Å²) >= 11 is 0. The maximum atomic E-state index is 12.4. The lowest BCUT2D eigenvalue weighted by Crippen LogP contribution is -2.33. The average molecular weight is 442 g/mol. The summed E-state index contributed by atoms with van der Waals surface area (Å²) in [5.74, 6) is -0.125. The van der Waals surface area contributed by atoms with E-state index in [2.05, 4.69) is 34.5 Å². The van der Waals surface area contributed by atoms with Crippen molar-refractivity contribution in [3.63, 3.8) is 0 Å². The Morgan fingerprint density at radius 3 is 2.45 bits per heavy atom. The lowest BCUT2D eigenvalue weighted by atomic mass is 10.0. The van der Waals surface area contributed by atoms with Crippen molar-refractivity contribution < 1.29 is 13.2 Å². The van der Waals surface area contributed by atoms with Gasteiger partial charge in [-0.25, -0.2) is 12.7 Å². The van der Waals surface area contributed by atoms with Gasteiger partial charge in [0.1, 0.15) is 0 Å². The summed E-state index contributed by atoms with van der Waals surface area (Å²) < 4.78 is 26.5. The molecule has 1 fully saturated rings. The molecule has 0 spiro atoms. The number of hydrogen-bond donors (Lipinski definition) is 1. The third-order valence-electron chi connectivity index (χ3n) is 6.12. The van der Waals surface area contributed by atoms with Gasteiger partial charge in [-0.05, 0) is 61.4 Å². The second kappa shape index (κ2) is 9.83. The first-order chi connectivity index (χ1) is 15.0. The van der Waals surface area contributed by atoms with Gasteiger partial charge in [-0.3, -0.25) is 4.79 Å². The van der Waals surface area contributed by atoms with Crippen molar-refractivity contribution in [2.24, 2.45) is 0 Å². The van der Waals surface area contributed by atoms with Crippen LogP contribution in [0.4, 0.5) is 5.69 Å². The van der Waals surface area contributed by atoms with Crippen molar-refractivity contribution in [1.82, 2.24) is 9.62 Å². The van der Waals surface area contributed by atoms with E-state index in [0.717, 1.165) is 38.8 Å². The highest BCUT2D eigenvalue weighted by Gasteiger charge is 2.25. The summed E-state index contributed by atoms with van der Waals surface area (Å²) in [6, 6.07) is 15.5. The Morgan fingerprint density at radius 2 is 1.68 bits per heavy atom. The van der Waals surface area contributed by atoms with Gasteiger partial charge in [0.05, 0.1) is 5.75 Å². The fraction of sp³-hybridized carbons (Fsp3) is 0.458. The molecule has 0 aromatic heterocycles. The summed E-state index contributed by atoms with van der Waals surface area (Å²) in [7, 11) is -3.27. The van der Waals surface area contributed by atoms with Crippen LogP contribution in [0.3, 0.4) is 0 Å². The zero-order valence-corrected chi connectivity index (χ0v) is 18.7. The number of aryl methyl sites for hydroxylation is 1. The van der Waals surface area contributed by atoms with Gasteiger partial charge < -0.3 is 10.2 Å². The number of carbonyl (C=O) groups is 1. The number of fused-ring (bicyclic) bond motifs is 1. The predicted molar refractivity (Wildman–Crippen MR) is 124 cm³/mol. The molecule has 0 aliphatic carbocycles. The Bertz CT molecular complexity index is 999. The van der Waals surface area contributed by atoms with E-state index >= 15 is 0 Å². The van der Waals surface area contributed by atoms with Crippen LogP contribution in [0, 0.1) is 0 Å². The Hall–Kier alpha value is -2.38. The maximum absolute atomic E-state index is 12.4. The van der Waals surface area contributed by atoms with E-state index in [0.29, 0.717) is 30.8 Å². The molecule has 0 radical (unpaired) electrons. The number of benzene rings is 2. The Morgan fingerprint density at radius 1 is 0.935 bits per heavy atom. The molecule has 1 N–H and O–H groups in total. The minimum atomic E-state index is -3.27. The van der Waals surface area contributed by atoms with E-state index in [4.69, 9.17) is 0 Å². The van der Waals surface area contributed by atoms with Crippen LogP contribution in [0.1, 0.15) is 47.2 Å². The highest BCUT2D eigenvalue weighted by atomic mass is 32.2. The SMILES string of the molecule is O=C(NCCCN1CCCc2ccccc21)c1ccc(CS(=O)(=O)N2CCCC2)cc1. The largest absolute Gasteiger partial charge is 0.371 e. The monoisotopic (exact) mass is 441 g/mol. The minimum absolute atomic E-state index is 0.00773. The zero-order valence-electron chi connectivity index (χ0n) is 17.9. The van der Waals surface area contributed by atoms with Crippen molar-refractivity contribution in [1.29, 1.82) is 0 Å². The predicted octanol–water partition coefficient (Wildman–Crippen LogP) is 3.18. The van der Waals surface area contributed by atoms with E-state index < -0.39 is 10.0 Å². The van der Waals surface area contributed by atoms with Gasteiger partial charge in [-0.1, -0.05) is 30.3 Å². The number of anilines is 1. The van der Waals surface area contributed by atoms with Gasteiger partial charge in [0.15, 0.2) is 0 Å².